The molecule has 1 aliphatic rings. The predicted molar refractivity (Wildman–Crippen MR) is 114 cm³/mol. The van der Waals surface area contributed by atoms with Crippen molar-refractivity contribution in [3.05, 3.63) is 101 Å². The number of hydrogen-bond acceptors (Lipinski definition) is 4. The highest BCUT2D eigenvalue weighted by Crippen LogP contribution is 2.35. The summed E-state index contributed by atoms with van der Waals surface area (Å²) in [6.45, 7) is 0.347. The maximum Gasteiger partial charge on any atom is 0.165 e. The highest BCUT2D eigenvalue weighted by atomic mass is 19.1. The van der Waals surface area contributed by atoms with E-state index in [2.05, 4.69) is 5.32 Å². The van der Waals surface area contributed by atoms with Gasteiger partial charge in [-0.1, -0.05) is 36.4 Å². The van der Waals surface area contributed by atoms with E-state index in [1.54, 1.807) is 30.3 Å². The van der Waals surface area contributed by atoms with Crippen molar-refractivity contribution >= 4 is 0 Å². The Hall–Kier alpha value is -2.87. The van der Waals surface area contributed by atoms with E-state index in [0.717, 1.165) is 11.1 Å². The molecule has 0 saturated carbocycles. The summed E-state index contributed by atoms with van der Waals surface area (Å²) in [6.07, 6.45) is -0.902. The molecular formula is C25H24F3NO3. The van der Waals surface area contributed by atoms with Crippen LogP contribution in [-0.2, 0) is 11.3 Å². The third-order valence-corrected chi connectivity index (χ3v) is 5.88. The van der Waals surface area contributed by atoms with Crippen molar-refractivity contribution in [2.75, 3.05) is 6.61 Å². The first-order valence-electron chi connectivity index (χ1n) is 10.4. The molecule has 1 saturated heterocycles. The number of hydrogen-bond donors (Lipinski definition) is 3. The van der Waals surface area contributed by atoms with Crippen molar-refractivity contribution in [1.29, 1.82) is 0 Å². The first-order valence-corrected chi connectivity index (χ1v) is 10.4. The second-order valence-corrected chi connectivity index (χ2v) is 7.99. The Labute approximate surface area is 184 Å². The maximum atomic E-state index is 13.5. The molecule has 0 radical (unpaired) electrons. The Morgan fingerprint density at radius 3 is 2.06 bits per heavy atom. The zero-order valence-corrected chi connectivity index (χ0v) is 17.2. The lowest BCUT2D eigenvalue weighted by molar-refractivity contribution is -0.0718. The molecule has 3 N–H and O–H groups in total. The summed E-state index contributed by atoms with van der Waals surface area (Å²) in [7, 11) is 0. The second-order valence-electron chi connectivity index (χ2n) is 7.99. The number of aromatic hydroxyl groups is 1. The molecule has 0 amide bonds. The summed E-state index contributed by atoms with van der Waals surface area (Å²) in [6, 6.07) is 16.0. The fourth-order valence-electron chi connectivity index (χ4n) is 4.14. The summed E-state index contributed by atoms with van der Waals surface area (Å²) in [5, 5.41) is 23.7. The van der Waals surface area contributed by atoms with Gasteiger partial charge in [0.05, 0.1) is 24.9 Å². The molecule has 168 valence electrons. The minimum atomic E-state index is -0.771. The number of phenolic OH excluding ortho intramolecular Hbond substituents is 1. The topological polar surface area (TPSA) is 61.7 Å². The van der Waals surface area contributed by atoms with Gasteiger partial charge in [0, 0.05) is 24.4 Å². The van der Waals surface area contributed by atoms with E-state index in [0.29, 0.717) is 5.56 Å². The van der Waals surface area contributed by atoms with Crippen LogP contribution in [0.5, 0.6) is 5.75 Å². The molecule has 1 aliphatic heterocycles. The molecule has 3 unspecified atom stereocenters. The highest BCUT2D eigenvalue weighted by Gasteiger charge is 2.35. The molecular weight excluding hydrogens is 419 g/mol. The maximum absolute atomic E-state index is 13.5. The van der Waals surface area contributed by atoms with E-state index in [4.69, 9.17) is 4.74 Å². The van der Waals surface area contributed by atoms with Crippen molar-refractivity contribution in [2.24, 2.45) is 0 Å². The molecule has 0 bridgehead atoms. The van der Waals surface area contributed by atoms with Crippen LogP contribution in [0.1, 0.15) is 29.0 Å². The van der Waals surface area contributed by atoms with Gasteiger partial charge in [-0.3, -0.25) is 0 Å². The number of halogens is 3. The number of aliphatic hydroxyl groups is 1. The average Bonchev–Trinajstić information content (AvgIpc) is 2.78. The first-order chi connectivity index (χ1) is 15.4. The van der Waals surface area contributed by atoms with Gasteiger partial charge in [0.25, 0.3) is 0 Å². The van der Waals surface area contributed by atoms with Gasteiger partial charge in [-0.15, -0.1) is 0 Å². The number of phenols is 1. The lowest BCUT2D eigenvalue weighted by Gasteiger charge is -2.38. The molecule has 3 atom stereocenters. The Kier molecular flexibility index (Phi) is 6.79. The average molecular weight is 443 g/mol. The summed E-state index contributed by atoms with van der Waals surface area (Å²) in [5.41, 5.74) is 1.98. The van der Waals surface area contributed by atoms with Crippen molar-refractivity contribution in [3.8, 4) is 5.75 Å². The molecule has 32 heavy (non-hydrogen) atoms. The molecule has 0 aliphatic carbocycles. The van der Waals surface area contributed by atoms with E-state index >= 15 is 0 Å². The molecule has 1 heterocycles. The van der Waals surface area contributed by atoms with Gasteiger partial charge in [0.1, 0.15) is 11.6 Å². The molecule has 1 fully saturated rings. The minimum absolute atomic E-state index is 0.165. The molecule has 4 rings (SSSR count). The van der Waals surface area contributed by atoms with Gasteiger partial charge in [-0.2, -0.15) is 0 Å². The van der Waals surface area contributed by atoms with Gasteiger partial charge < -0.3 is 20.3 Å². The van der Waals surface area contributed by atoms with Gasteiger partial charge >= 0.3 is 0 Å². The minimum Gasteiger partial charge on any atom is -0.505 e. The largest absolute Gasteiger partial charge is 0.505 e. The van der Waals surface area contributed by atoms with Crippen LogP contribution in [0.3, 0.4) is 0 Å². The number of nitrogens with one attached hydrogen (secondary N) is 1. The summed E-state index contributed by atoms with van der Waals surface area (Å²) in [5.74, 6) is -2.16. The van der Waals surface area contributed by atoms with Crippen LogP contribution in [0.25, 0.3) is 0 Å². The van der Waals surface area contributed by atoms with Gasteiger partial charge in [0.2, 0.25) is 0 Å². The summed E-state index contributed by atoms with van der Waals surface area (Å²) in [4.78, 5) is 0. The van der Waals surface area contributed by atoms with Crippen LogP contribution in [0, 0.1) is 17.5 Å². The standard InChI is InChI=1S/C25H24F3NO3/c26-18-8-4-15(5-9-18)24(16-6-10-19(27)11-7-16)23-12-22(30)21(14-32-23)29-13-17-2-1-3-20(28)25(17)31/h1-11,21-24,29-31H,12-14H2. The molecule has 3 aromatic carbocycles. The van der Waals surface area contributed by atoms with E-state index < -0.39 is 29.8 Å². The first kappa shape index (κ1) is 22.3. The molecule has 0 spiro atoms. The van der Waals surface area contributed by atoms with Crippen LogP contribution in [0.4, 0.5) is 13.2 Å². The van der Waals surface area contributed by atoms with E-state index in [1.165, 1.54) is 36.4 Å². The van der Waals surface area contributed by atoms with E-state index in [9.17, 15) is 23.4 Å². The van der Waals surface area contributed by atoms with Gasteiger partial charge in [0.15, 0.2) is 11.6 Å². The molecule has 4 nitrogen and oxygen atoms in total. The monoisotopic (exact) mass is 443 g/mol. The SMILES string of the molecule is Oc1c(F)cccc1CNC1COC(C(c2ccc(F)cc2)c2ccc(F)cc2)CC1O. The third-order valence-electron chi connectivity index (χ3n) is 5.88. The Morgan fingerprint density at radius 1 is 0.906 bits per heavy atom. The summed E-state index contributed by atoms with van der Waals surface area (Å²) >= 11 is 0. The van der Waals surface area contributed by atoms with Gasteiger partial charge in [-0.05, 0) is 41.5 Å². The Balaban J connectivity index is 1.49. The Bertz CT molecular complexity index is 998. The lowest BCUT2D eigenvalue weighted by Crippen LogP contribution is -2.50. The third kappa shape index (κ3) is 4.96. The van der Waals surface area contributed by atoms with Crippen molar-refractivity contribution < 1.29 is 28.1 Å². The highest BCUT2D eigenvalue weighted by molar-refractivity contribution is 5.35. The fraction of sp³-hybridized carbons (Fsp3) is 0.280. The number of ether oxygens (including phenoxy) is 1. The number of benzene rings is 3. The zero-order chi connectivity index (χ0) is 22.7. The second kappa shape index (κ2) is 9.73. The molecule has 0 aromatic heterocycles. The van der Waals surface area contributed by atoms with Crippen LogP contribution >= 0.6 is 0 Å². The van der Waals surface area contributed by atoms with Crippen LogP contribution in [0.2, 0.25) is 0 Å². The number of para-hydroxylation sites is 1. The van der Waals surface area contributed by atoms with Gasteiger partial charge in [-0.25, -0.2) is 13.2 Å². The smallest absolute Gasteiger partial charge is 0.165 e. The number of aliphatic hydroxyl groups excluding tert-OH is 1. The van der Waals surface area contributed by atoms with Crippen molar-refractivity contribution in [3.63, 3.8) is 0 Å². The van der Waals surface area contributed by atoms with Crippen molar-refractivity contribution in [2.45, 2.75) is 37.1 Å². The van der Waals surface area contributed by atoms with Crippen LogP contribution in [-0.4, -0.2) is 35.1 Å². The zero-order valence-electron chi connectivity index (χ0n) is 17.2. The molecule has 7 heteroatoms. The fourth-order valence-corrected chi connectivity index (χ4v) is 4.14. The normalized spacial score (nSPS) is 21.1. The Morgan fingerprint density at radius 2 is 1.50 bits per heavy atom. The quantitative estimate of drug-likeness (QED) is 0.533. The van der Waals surface area contributed by atoms with E-state index in [-0.39, 0.29) is 37.1 Å². The van der Waals surface area contributed by atoms with Crippen LogP contribution < -0.4 is 5.32 Å². The van der Waals surface area contributed by atoms with Crippen LogP contribution in [0.15, 0.2) is 66.7 Å². The number of rotatable bonds is 6. The van der Waals surface area contributed by atoms with E-state index in [1.807, 2.05) is 0 Å². The summed E-state index contributed by atoms with van der Waals surface area (Å²) < 4.78 is 46.6. The predicted octanol–water partition coefficient (Wildman–Crippen LogP) is 4.25. The molecule has 3 aromatic rings. The lowest BCUT2D eigenvalue weighted by atomic mass is 9.82. The van der Waals surface area contributed by atoms with Crippen molar-refractivity contribution in [1.82, 2.24) is 5.32 Å².